The summed E-state index contributed by atoms with van der Waals surface area (Å²) in [5.41, 5.74) is 3.73. The van der Waals surface area contributed by atoms with Crippen molar-refractivity contribution in [2.75, 3.05) is 32.1 Å². The number of phosphoric acid groups is 1. The number of fused-ring (bicyclic) bond motifs is 1. The molecule has 2 aliphatic rings. The van der Waals surface area contributed by atoms with Gasteiger partial charge < -0.3 is 44.0 Å². The molecule has 1 aromatic heterocycles. The summed E-state index contributed by atoms with van der Waals surface area (Å²) in [6.45, 7) is 5.66. The van der Waals surface area contributed by atoms with Gasteiger partial charge in [-0.3, -0.25) is 14.8 Å². The summed E-state index contributed by atoms with van der Waals surface area (Å²) >= 11 is 0. The molecule has 0 aromatic carbocycles. The molecule has 250 valence electrons. The van der Waals surface area contributed by atoms with E-state index >= 15 is 4.39 Å². The summed E-state index contributed by atoms with van der Waals surface area (Å²) in [6, 6.07) is 0. The Morgan fingerprint density at radius 1 is 1.16 bits per heavy atom. The molecule has 5 atom stereocenters. The largest absolute Gasteiger partial charge is 0.510 e. The smallest absolute Gasteiger partial charge is 0.476 e. The summed E-state index contributed by atoms with van der Waals surface area (Å²) < 4.78 is 74.9. The lowest BCUT2D eigenvalue weighted by Gasteiger charge is -2.29. The van der Waals surface area contributed by atoms with Crippen LogP contribution in [0.1, 0.15) is 53.5 Å². The first-order valence-electron chi connectivity index (χ1n) is 13.3. The third-order valence-electron chi connectivity index (χ3n) is 5.70. The second-order valence-electron chi connectivity index (χ2n) is 10.0. The zero-order chi connectivity index (χ0) is 32.9. The Labute approximate surface area is 251 Å². The number of carbonyl (C=O) groups excluding carboxylic acids is 2. The molecule has 0 saturated carbocycles. The number of alkyl halides is 1. The topological polar surface area (TPSA) is 243 Å². The number of nitrogens with zero attached hydrogens (tertiary/aromatic N) is 3. The molecule has 3 rings (SSSR count). The number of imidazole rings is 1. The van der Waals surface area contributed by atoms with Gasteiger partial charge in [-0.15, -0.1) is 0 Å². The van der Waals surface area contributed by atoms with Crippen molar-refractivity contribution >= 4 is 31.8 Å². The van der Waals surface area contributed by atoms with E-state index in [2.05, 4.69) is 24.8 Å². The predicted molar refractivity (Wildman–Crippen MR) is 143 cm³/mol. The molecule has 19 nitrogen and oxygen atoms in total. The zero-order valence-electron chi connectivity index (χ0n) is 24.8. The van der Waals surface area contributed by atoms with E-state index in [1.165, 1.54) is 34.0 Å². The average Bonchev–Trinajstić information content (AvgIpc) is 3.39. The quantitative estimate of drug-likeness (QED) is 0.134. The maximum absolute atomic E-state index is 16.1. The van der Waals surface area contributed by atoms with E-state index < -0.39 is 82.6 Å². The van der Waals surface area contributed by atoms with Crippen molar-refractivity contribution in [2.24, 2.45) is 10.7 Å². The first-order valence-corrected chi connectivity index (χ1v) is 14.7. The molecule has 44 heavy (non-hydrogen) atoms. The molecule has 1 unspecified atom stereocenters. The number of carbonyl (C=O) groups is 2. The second kappa shape index (κ2) is 14.3. The van der Waals surface area contributed by atoms with Crippen LogP contribution in [0.5, 0.6) is 0 Å². The van der Waals surface area contributed by atoms with Gasteiger partial charge in [0.2, 0.25) is 19.5 Å². The number of hydrogen-bond acceptors (Lipinski definition) is 18. The SMILES string of the molecule is CCOC1=NC(N)Nc2c1ncn2[C@@H]1O[C@](F)(COP(=O)(OCOC(=O)OC(C)C)OCOC(=O)OC(C)C)[C@@H](O)[C@@]1(C)O. The number of nitrogens with two attached hydrogens (primary N) is 1. The molecule has 1 fully saturated rings. The highest BCUT2D eigenvalue weighted by Gasteiger charge is 2.64. The molecule has 21 heteroatoms. The van der Waals surface area contributed by atoms with E-state index in [0.717, 1.165) is 11.5 Å². The highest BCUT2D eigenvalue weighted by atomic mass is 31.2. The van der Waals surface area contributed by atoms with Crippen molar-refractivity contribution in [3.63, 3.8) is 0 Å². The predicted octanol–water partition coefficient (Wildman–Crippen LogP) is 1.84. The molecule has 0 amide bonds. The number of aromatic nitrogens is 2. The van der Waals surface area contributed by atoms with Crippen LogP contribution < -0.4 is 11.1 Å². The Bertz CT molecular complexity index is 1210. The fourth-order valence-corrected chi connectivity index (χ4v) is 4.76. The van der Waals surface area contributed by atoms with Gasteiger partial charge >= 0.3 is 20.1 Å². The van der Waals surface area contributed by atoms with Crippen molar-refractivity contribution in [3.05, 3.63) is 12.0 Å². The monoisotopic (exact) mass is 657 g/mol. The second-order valence-corrected chi connectivity index (χ2v) is 11.7. The standard InChI is InChI=1S/C23H37FN5O14P/c1-7-35-16-14-15(27-19(25)28-16)29(9-26-14)18-22(6,33)17(30)23(24,43-18)8-38-44(34,39-10-36-20(31)41-12(2)3)40-11-37-21(32)42-13(4)5/h9,12-13,17-19,27,30,33H,7-8,10-11,25H2,1-6H3/t17-,18+,19?,22+,23+/m0/s1. The summed E-state index contributed by atoms with van der Waals surface area (Å²) in [5, 5.41) is 24.7. The third-order valence-corrected chi connectivity index (χ3v) is 6.99. The number of rotatable bonds is 13. The minimum absolute atomic E-state index is 0.0785. The molecule has 0 spiro atoms. The molecule has 0 bridgehead atoms. The summed E-state index contributed by atoms with van der Waals surface area (Å²) in [6.07, 6.45) is -7.32. The van der Waals surface area contributed by atoms with Crippen molar-refractivity contribution < 1.29 is 70.8 Å². The van der Waals surface area contributed by atoms with Crippen LogP contribution in [-0.2, 0) is 46.6 Å². The van der Waals surface area contributed by atoms with E-state index in [9.17, 15) is 24.4 Å². The molecule has 2 aliphatic heterocycles. The van der Waals surface area contributed by atoms with Crippen LogP contribution >= 0.6 is 7.82 Å². The lowest BCUT2D eigenvalue weighted by atomic mass is 9.95. The molecule has 0 aliphatic carbocycles. The summed E-state index contributed by atoms with van der Waals surface area (Å²) in [5.74, 6) is -3.04. The number of hydrogen-bond donors (Lipinski definition) is 4. The van der Waals surface area contributed by atoms with Crippen LogP contribution in [0.3, 0.4) is 0 Å². The fraction of sp³-hybridized carbons (Fsp3) is 0.739. The highest BCUT2D eigenvalue weighted by molar-refractivity contribution is 7.48. The minimum atomic E-state index is -4.94. The first kappa shape index (κ1) is 35.4. The number of aliphatic hydroxyl groups is 2. The van der Waals surface area contributed by atoms with E-state index in [-0.39, 0.29) is 24.0 Å². The molecular weight excluding hydrogens is 620 g/mol. The van der Waals surface area contributed by atoms with E-state index in [0.29, 0.717) is 0 Å². The van der Waals surface area contributed by atoms with Gasteiger partial charge in [0.25, 0.3) is 5.85 Å². The van der Waals surface area contributed by atoms with E-state index in [1.807, 2.05) is 0 Å². The summed E-state index contributed by atoms with van der Waals surface area (Å²) in [7, 11) is -4.94. The number of halogens is 1. The van der Waals surface area contributed by atoms with Crippen molar-refractivity contribution in [1.29, 1.82) is 0 Å². The maximum atomic E-state index is 16.1. The Hall–Kier alpha value is -3.10. The average molecular weight is 658 g/mol. The minimum Gasteiger partial charge on any atom is -0.476 e. The van der Waals surface area contributed by atoms with Gasteiger partial charge in [0.05, 0.1) is 25.1 Å². The molecule has 5 N–H and O–H groups in total. The Kier molecular flexibility index (Phi) is 11.5. The van der Waals surface area contributed by atoms with Gasteiger partial charge in [-0.05, 0) is 41.5 Å². The van der Waals surface area contributed by atoms with Gasteiger partial charge in [0, 0.05) is 0 Å². The molecular formula is C23H37FN5O14P. The van der Waals surface area contributed by atoms with Gasteiger partial charge in [0.1, 0.15) is 24.1 Å². The lowest BCUT2D eigenvalue weighted by molar-refractivity contribution is -0.206. The number of aliphatic hydroxyl groups excluding tert-OH is 1. The number of anilines is 1. The lowest BCUT2D eigenvalue weighted by Crippen LogP contribution is -2.49. The zero-order valence-corrected chi connectivity index (χ0v) is 25.7. The fourth-order valence-electron chi connectivity index (χ4n) is 3.84. The normalized spacial score (nSPS) is 26.5. The van der Waals surface area contributed by atoms with Crippen LogP contribution in [-0.4, -0.2) is 101 Å². The Morgan fingerprint density at radius 2 is 1.73 bits per heavy atom. The Morgan fingerprint density at radius 3 is 2.25 bits per heavy atom. The third kappa shape index (κ3) is 8.54. The van der Waals surface area contributed by atoms with Crippen LogP contribution in [0.4, 0.5) is 19.8 Å². The number of nitrogens with one attached hydrogen (secondary N) is 1. The van der Waals surface area contributed by atoms with E-state index in [4.69, 9.17) is 38.3 Å². The van der Waals surface area contributed by atoms with Gasteiger partial charge in [0.15, 0.2) is 18.2 Å². The van der Waals surface area contributed by atoms with E-state index in [1.54, 1.807) is 6.92 Å². The number of aliphatic imine (C=N–C) groups is 1. The number of ether oxygens (including phenoxy) is 6. The van der Waals surface area contributed by atoms with Crippen LogP contribution in [0.15, 0.2) is 11.3 Å². The molecule has 3 heterocycles. The molecule has 0 radical (unpaired) electrons. The first-order chi connectivity index (χ1) is 20.5. The van der Waals surface area contributed by atoms with Gasteiger partial charge in [-0.25, -0.2) is 37.6 Å². The molecule has 1 aromatic rings. The highest BCUT2D eigenvalue weighted by Crippen LogP contribution is 2.53. The van der Waals surface area contributed by atoms with Crippen LogP contribution in [0.25, 0.3) is 0 Å². The van der Waals surface area contributed by atoms with Crippen molar-refractivity contribution in [1.82, 2.24) is 9.55 Å². The van der Waals surface area contributed by atoms with Gasteiger partial charge in [-0.1, -0.05) is 0 Å². The van der Waals surface area contributed by atoms with Crippen LogP contribution in [0, 0.1) is 0 Å². The molecule has 1 saturated heterocycles. The van der Waals surface area contributed by atoms with Gasteiger partial charge in [-0.2, -0.15) is 0 Å². The van der Waals surface area contributed by atoms with Crippen LogP contribution in [0.2, 0.25) is 0 Å². The Balaban J connectivity index is 1.77. The summed E-state index contributed by atoms with van der Waals surface area (Å²) in [4.78, 5) is 31.6. The van der Waals surface area contributed by atoms with Crippen molar-refractivity contribution in [2.45, 2.75) is 83.8 Å². The van der Waals surface area contributed by atoms with Crippen molar-refractivity contribution in [3.8, 4) is 0 Å². The maximum Gasteiger partial charge on any atom is 0.510 e. The number of phosphoric ester groups is 1.